The van der Waals surface area contributed by atoms with Crippen molar-refractivity contribution in [1.29, 1.82) is 0 Å². The second-order valence-corrected chi connectivity index (χ2v) is 6.26. The molecule has 1 aliphatic carbocycles. The number of nitrogens with zero attached hydrogens (tertiary/aromatic N) is 1. The predicted molar refractivity (Wildman–Crippen MR) is 97.1 cm³/mol. The number of aliphatic imine (C=N–C) groups is 1. The highest BCUT2D eigenvalue weighted by atomic mass is 16.5. The summed E-state index contributed by atoms with van der Waals surface area (Å²) in [6.07, 6.45) is 6.03. The van der Waals surface area contributed by atoms with Gasteiger partial charge in [-0.05, 0) is 38.2 Å². The first-order chi connectivity index (χ1) is 11.3. The second-order valence-electron chi connectivity index (χ2n) is 6.26. The summed E-state index contributed by atoms with van der Waals surface area (Å²) in [6.45, 7) is 5.58. The van der Waals surface area contributed by atoms with Gasteiger partial charge in [0.15, 0.2) is 5.96 Å². The first-order valence-electron chi connectivity index (χ1n) is 8.88. The molecule has 1 saturated carbocycles. The van der Waals surface area contributed by atoms with Gasteiger partial charge in [-0.15, -0.1) is 0 Å². The number of benzene rings is 1. The van der Waals surface area contributed by atoms with Gasteiger partial charge in [-0.25, -0.2) is 0 Å². The van der Waals surface area contributed by atoms with Crippen molar-refractivity contribution in [3.05, 3.63) is 35.9 Å². The average molecular weight is 317 g/mol. The van der Waals surface area contributed by atoms with Crippen molar-refractivity contribution in [2.24, 2.45) is 4.99 Å². The van der Waals surface area contributed by atoms with Crippen molar-refractivity contribution in [3.63, 3.8) is 0 Å². The molecule has 1 aliphatic rings. The van der Waals surface area contributed by atoms with Crippen molar-refractivity contribution in [1.82, 2.24) is 10.6 Å². The highest BCUT2D eigenvalue weighted by Gasteiger charge is 2.38. The zero-order valence-corrected chi connectivity index (χ0v) is 14.6. The fourth-order valence-corrected chi connectivity index (χ4v) is 3.12. The summed E-state index contributed by atoms with van der Waals surface area (Å²) in [4.78, 5) is 4.34. The molecule has 1 fully saturated rings. The molecule has 0 radical (unpaired) electrons. The third-order valence-corrected chi connectivity index (χ3v) is 4.73. The van der Waals surface area contributed by atoms with Crippen LogP contribution in [-0.2, 0) is 10.2 Å². The Labute approximate surface area is 140 Å². The van der Waals surface area contributed by atoms with Crippen LogP contribution in [0.3, 0.4) is 0 Å². The Hall–Kier alpha value is -1.55. The molecule has 23 heavy (non-hydrogen) atoms. The van der Waals surface area contributed by atoms with E-state index in [2.05, 4.69) is 46.0 Å². The van der Waals surface area contributed by atoms with E-state index in [-0.39, 0.29) is 5.41 Å². The van der Waals surface area contributed by atoms with E-state index < -0.39 is 0 Å². The van der Waals surface area contributed by atoms with Gasteiger partial charge in [0.05, 0.1) is 0 Å². The molecule has 2 rings (SSSR count). The number of nitrogens with one attached hydrogen (secondary N) is 2. The van der Waals surface area contributed by atoms with Crippen LogP contribution in [0, 0.1) is 0 Å². The average Bonchev–Trinajstić information content (AvgIpc) is 2.56. The normalized spacial score (nSPS) is 16.7. The van der Waals surface area contributed by atoms with E-state index in [0.29, 0.717) is 0 Å². The SMILES string of the molecule is CCOCCCCNC(=NC)NCC1(c2ccccc2)CCC1. The zero-order chi connectivity index (χ0) is 16.4. The first-order valence-corrected chi connectivity index (χ1v) is 8.88. The first kappa shape index (κ1) is 17.8. The molecule has 4 heteroatoms. The number of unbranched alkanes of at least 4 members (excludes halogenated alkanes) is 1. The molecule has 0 unspecified atom stereocenters. The molecule has 0 amide bonds. The van der Waals surface area contributed by atoms with Crippen LogP contribution in [0.1, 0.15) is 44.6 Å². The van der Waals surface area contributed by atoms with Crippen LogP contribution in [0.25, 0.3) is 0 Å². The minimum Gasteiger partial charge on any atom is -0.382 e. The Kier molecular flexibility index (Phi) is 7.40. The third-order valence-electron chi connectivity index (χ3n) is 4.73. The Morgan fingerprint density at radius 1 is 1.17 bits per heavy atom. The summed E-state index contributed by atoms with van der Waals surface area (Å²) < 4.78 is 5.36. The van der Waals surface area contributed by atoms with Crippen LogP contribution in [0.15, 0.2) is 35.3 Å². The topological polar surface area (TPSA) is 45.6 Å². The zero-order valence-electron chi connectivity index (χ0n) is 14.6. The molecule has 0 saturated heterocycles. The molecule has 2 N–H and O–H groups in total. The maximum absolute atomic E-state index is 5.36. The number of hydrogen-bond acceptors (Lipinski definition) is 2. The van der Waals surface area contributed by atoms with Crippen LogP contribution in [-0.4, -0.2) is 39.3 Å². The fraction of sp³-hybridized carbons (Fsp3) is 0.632. The lowest BCUT2D eigenvalue weighted by Crippen LogP contribution is -2.49. The van der Waals surface area contributed by atoms with Gasteiger partial charge in [0.1, 0.15) is 0 Å². The summed E-state index contributed by atoms with van der Waals surface area (Å²) >= 11 is 0. The molecule has 4 nitrogen and oxygen atoms in total. The van der Waals surface area contributed by atoms with Gasteiger partial charge in [0.25, 0.3) is 0 Å². The molecule has 0 aromatic heterocycles. The molecule has 0 heterocycles. The van der Waals surface area contributed by atoms with Crippen molar-refractivity contribution in [2.45, 2.75) is 44.4 Å². The van der Waals surface area contributed by atoms with Crippen molar-refractivity contribution < 1.29 is 4.74 Å². The van der Waals surface area contributed by atoms with E-state index >= 15 is 0 Å². The van der Waals surface area contributed by atoms with Crippen LogP contribution in [0.5, 0.6) is 0 Å². The largest absolute Gasteiger partial charge is 0.382 e. The molecular formula is C19H31N3O. The molecule has 1 aromatic carbocycles. The standard InChI is InChI=1S/C19H31N3O/c1-3-23-15-8-7-14-21-18(20-2)22-16-19(12-9-13-19)17-10-5-4-6-11-17/h4-6,10-11H,3,7-9,12-16H2,1-2H3,(H2,20,21,22). The Bertz CT molecular complexity index is 469. The number of guanidine groups is 1. The van der Waals surface area contributed by atoms with Crippen LogP contribution in [0.4, 0.5) is 0 Å². The lowest BCUT2D eigenvalue weighted by atomic mass is 9.64. The van der Waals surface area contributed by atoms with Crippen molar-refractivity contribution in [3.8, 4) is 0 Å². The van der Waals surface area contributed by atoms with Gasteiger partial charge in [-0.2, -0.15) is 0 Å². The second kappa shape index (κ2) is 9.56. The molecule has 0 aliphatic heterocycles. The fourth-order valence-electron chi connectivity index (χ4n) is 3.12. The molecule has 0 bridgehead atoms. The van der Waals surface area contributed by atoms with E-state index in [0.717, 1.165) is 45.1 Å². The molecular weight excluding hydrogens is 286 g/mol. The number of rotatable bonds is 9. The molecule has 0 spiro atoms. The van der Waals surface area contributed by atoms with Crippen LogP contribution in [0.2, 0.25) is 0 Å². The van der Waals surface area contributed by atoms with E-state index in [1.807, 2.05) is 14.0 Å². The summed E-state index contributed by atoms with van der Waals surface area (Å²) in [5, 5.41) is 6.92. The van der Waals surface area contributed by atoms with Gasteiger partial charge in [0.2, 0.25) is 0 Å². The van der Waals surface area contributed by atoms with E-state index in [1.54, 1.807) is 0 Å². The lowest BCUT2D eigenvalue weighted by molar-refractivity contribution is 0.143. The summed E-state index contributed by atoms with van der Waals surface area (Å²) in [5.41, 5.74) is 1.74. The smallest absolute Gasteiger partial charge is 0.191 e. The van der Waals surface area contributed by atoms with Gasteiger partial charge >= 0.3 is 0 Å². The number of ether oxygens (including phenoxy) is 1. The summed E-state index contributed by atoms with van der Waals surface area (Å²) in [7, 11) is 1.84. The molecule has 1 aromatic rings. The van der Waals surface area contributed by atoms with E-state index in [4.69, 9.17) is 4.74 Å². The lowest BCUT2D eigenvalue weighted by Gasteiger charge is -2.43. The quantitative estimate of drug-likeness (QED) is 0.418. The minimum absolute atomic E-state index is 0.286. The van der Waals surface area contributed by atoms with Crippen LogP contribution < -0.4 is 10.6 Å². The van der Waals surface area contributed by atoms with Gasteiger partial charge in [0, 0.05) is 38.8 Å². The number of hydrogen-bond donors (Lipinski definition) is 2. The van der Waals surface area contributed by atoms with Gasteiger partial charge in [-0.1, -0.05) is 36.8 Å². The maximum Gasteiger partial charge on any atom is 0.191 e. The minimum atomic E-state index is 0.286. The van der Waals surface area contributed by atoms with Crippen LogP contribution >= 0.6 is 0 Å². The highest BCUT2D eigenvalue weighted by molar-refractivity contribution is 5.79. The van der Waals surface area contributed by atoms with E-state index in [1.165, 1.54) is 24.8 Å². The Morgan fingerprint density at radius 2 is 1.96 bits per heavy atom. The molecule has 0 atom stereocenters. The third kappa shape index (κ3) is 5.24. The summed E-state index contributed by atoms with van der Waals surface area (Å²) in [5.74, 6) is 0.906. The van der Waals surface area contributed by atoms with E-state index in [9.17, 15) is 0 Å². The van der Waals surface area contributed by atoms with Crippen molar-refractivity contribution in [2.75, 3.05) is 33.4 Å². The van der Waals surface area contributed by atoms with Gasteiger partial charge in [-0.3, -0.25) is 4.99 Å². The monoisotopic (exact) mass is 317 g/mol. The maximum atomic E-state index is 5.36. The highest BCUT2D eigenvalue weighted by Crippen LogP contribution is 2.43. The predicted octanol–water partition coefficient (Wildman–Crippen LogP) is 3.09. The van der Waals surface area contributed by atoms with Gasteiger partial charge < -0.3 is 15.4 Å². The Morgan fingerprint density at radius 3 is 2.57 bits per heavy atom. The Balaban J connectivity index is 1.74. The van der Waals surface area contributed by atoms with Crippen molar-refractivity contribution >= 4 is 5.96 Å². The summed E-state index contributed by atoms with van der Waals surface area (Å²) in [6, 6.07) is 10.9. The molecule has 128 valence electrons.